The molecule has 2 nitrogen and oxygen atoms in total. The zero-order valence-electron chi connectivity index (χ0n) is 10.3. The van der Waals surface area contributed by atoms with Gasteiger partial charge < -0.3 is 10.4 Å². The molecule has 1 aromatic rings. The van der Waals surface area contributed by atoms with E-state index in [1.165, 1.54) is 32.1 Å². The van der Waals surface area contributed by atoms with Gasteiger partial charge in [0.05, 0.1) is 17.7 Å². The Balaban J connectivity index is 2.02. The van der Waals surface area contributed by atoms with Crippen molar-refractivity contribution < 1.29 is 5.11 Å². The van der Waals surface area contributed by atoms with Crippen LogP contribution < -0.4 is 5.32 Å². The van der Waals surface area contributed by atoms with Crippen LogP contribution in [0.3, 0.4) is 0 Å². The first-order chi connectivity index (χ1) is 8.70. The van der Waals surface area contributed by atoms with E-state index in [4.69, 9.17) is 11.6 Å². The topological polar surface area (TPSA) is 32.3 Å². The SMILES string of the molecule is OCC(Nc1ccc(Cl)c(Br)c1)C1CCCCC1. The van der Waals surface area contributed by atoms with Gasteiger partial charge in [-0.1, -0.05) is 30.9 Å². The second-order valence-corrected chi connectivity index (χ2v) is 6.22. The number of anilines is 1. The van der Waals surface area contributed by atoms with Crippen molar-refractivity contribution in [3.63, 3.8) is 0 Å². The second kappa shape index (κ2) is 6.78. The van der Waals surface area contributed by atoms with E-state index >= 15 is 0 Å². The van der Waals surface area contributed by atoms with Gasteiger partial charge in [0, 0.05) is 10.2 Å². The molecule has 100 valence electrons. The molecule has 1 atom stereocenters. The summed E-state index contributed by atoms with van der Waals surface area (Å²) in [5.41, 5.74) is 1.01. The number of hydrogen-bond donors (Lipinski definition) is 2. The Kier molecular flexibility index (Phi) is 5.34. The first kappa shape index (κ1) is 14.2. The summed E-state index contributed by atoms with van der Waals surface area (Å²) < 4.78 is 0.884. The molecule has 4 heteroatoms. The maximum Gasteiger partial charge on any atom is 0.0635 e. The van der Waals surface area contributed by atoms with Gasteiger partial charge in [-0.3, -0.25) is 0 Å². The molecule has 0 aliphatic heterocycles. The maximum absolute atomic E-state index is 9.56. The summed E-state index contributed by atoms with van der Waals surface area (Å²) in [6.07, 6.45) is 6.33. The molecular weight excluding hydrogens is 314 g/mol. The van der Waals surface area contributed by atoms with Crippen molar-refractivity contribution in [2.24, 2.45) is 5.92 Å². The van der Waals surface area contributed by atoms with E-state index < -0.39 is 0 Å². The van der Waals surface area contributed by atoms with E-state index in [1.807, 2.05) is 18.2 Å². The monoisotopic (exact) mass is 331 g/mol. The predicted octanol–water partition coefficient (Wildman–Crippen LogP) is 4.46. The van der Waals surface area contributed by atoms with Crippen LogP contribution in [0.1, 0.15) is 32.1 Å². The quantitative estimate of drug-likeness (QED) is 0.853. The third-order valence-electron chi connectivity index (χ3n) is 3.69. The van der Waals surface area contributed by atoms with Crippen LogP contribution >= 0.6 is 27.5 Å². The number of nitrogens with one attached hydrogen (secondary N) is 1. The predicted molar refractivity (Wildman–Crippen MR) is 80.2 cm³/mol. The normalized spacial score (nSPS) is 18.6. The highest BCUT2D eigenvalue weighted by Gasteiger charge is 2.22. The van der Waals surface area contributed by atoms with Crippen LogP contribution in [-0.4, -0.2) is 17.8 Å². The van der Waals surface area contributed by atoms with Crippen molar-refractivity contribution in [3.8, 4) is 0 Å². The van der Waals surface area contributed by atoms with Gasteiger partial charge in [-0.15, -0.1) is 0 Å². The van der Waals surface area contributed by atoms with Crippen molar-refractivity contribution in [2.75, 3.05) is 11.9 Å². The molecule has 2 rings (SSSR count). The lowest BCUT2D eigenvalue weighted by molar-refractivity contribution is 0.209. The highest BCUT2D eigenvalue weighted by Crippen LogP contribution is 2.30. The Morgan fingerprint density at radius 3 is 2.67 bits per heavy atom. The molecule has 1 saturated carbocycles. The molecule has 0 amide bonds. The maximum atomic E-state index is 9.56. The Hall–Kier alpha value is -0.250. The van der Waals surface area contributed by atoms with Gasteiger partial charge in [0.15, 0.2) is 0 Å². The van der Waals surface area contributed by atoms with Gasteiger partial charge in [-0.2, -0.15) is 0 Å². The number of halogens is 2. The molecule has 0 saturated heterocycles. The van der Waals surface area contributed by atoms with Crippen LogP contribution in [0.25, 0.3) is 0 Å². The first-order valence-electron chi connectivity index (χ1n) is 6.53. The smallest absolute Gasteiger partial charge is 0.0635 e. The number of hydrogen-bond acceptors (Lipinski definition) is 2. The van der Waals surface area contributed by atoms with Crippen molar-refractivity contribution >= 4 is 33.2 Å². The summed E-state index contributed by atoms with van der Waals surface area (Å²) in [7, 11) is 0. The molecule has 1 unspecified atom stereocenters. The number of rotatable bonds is 4. The third kappa shape index (κ3) is 3.62. The highest BCUT2D eigenvalue weighted by atomic mass is 79.9. The molecule has 0 bridgehead atoms. The number of aliphatic hydroxyl groups is 1. The minimum Gasteiger partial charge on any atom is -0.394 e. The van der Waals surface area contributed by atoms with E-state index in [9.17, 15) is 5.11 Å². The van der Waals surface area contributed by atoms with Gasteiger partial charge in [-0.05, 0) is 52.9 Å². The lowest BCUT2D eigenvalue weighted by atomic mass is 9.84. The summed E-state index contributed by atoms with van der Waals surface area (Å²) in [5.74, 6) is 0.582. The molecule has 18 heavy (non-hydrogen) atoms. The van der Waals surface area contributed by atoms with Crippen LogP contribution in [0.15, 0.2) is 22.7 Å². The van der Waals surface area contributed by atoms with Gasteiger partial charge in [0.25, 0.3) is 0 Å². The van der Waals surface area contributed by atoms with Gasteiger partial charge >= 0.3 is 0 Å². The van der Waals surface area contributed by atoms with Crippen molar-refractivity contribution in [3.05, 3.63) is 27.7 Å². The molecule has 0 radical (unpaired) electrons. The zero-order valence-corrected chi connectivity index (χ0v) is 12.7. The van der Waals surface area contributed by atoms with Gasteiger partial charge in [0.2, 0.25) is 0 Å². The van der Waals surface area contributed by atoms with Gasteiger partial charge in [0.1, 0.15) is 0 Å². The van der Waals surface area contributed by atoms with Crippen LogP contribution in [-0.2, 0) is 0 Å². The lowest BCUT2D eigenvalue weighted by Gasteiger charge is -2.30. The molecule has 1 aromatic carbocycles. The summed E-state index contributed by atoms with van der Waals surface area (Å²) in [6.45, 7) is 0.185. The van der Waals surface area contributed by atoms with E-state index in [0.29, 0.717) is 10.9 Å². The molecule has 0 heterocycles. The van der Waals surface area contributed by atoms with Crippen LogP contribution in [0.2, 0.25) is 5.02 Å². The standard InChI is InChI=1S/C14H19BrClNO/c15-12-8-11(6-7-13(12)16)17-14(9-18)10-4-2-1-3-5-10/h6-8,10,14,17-18H,1-5,9H2. The highest BCUT2D eigenvalue weighted by molar-refractivity contribution is 9.10. The van der Waals surface area contributed by atoms with E-state index in [0.717, 1.165) is 10.2 Å². The van der Waals surface area contributed by atoms with Crippen LogP contribution in [0, 0.1) is 5.92 Å². The minimum atomic E-state index is 0.151. The Morgan fingerprint density at radius 2 is 2.06 bits per heavy atom. The fraction of sp³-hybridized carbons (Fsp3) is 0.571. The Morgan fingerprint density at radius 1 is 1.33 bits per heavy atom. The van der Waals surface area contributed by atoms with Crippen molar-refractivity contribution in [1.29, 1.82) is 0 Å². The molecule has 2 N–H and O–H groups in total. The molecule has 1 fully saturated rings. The summed E-state index contributed by atoms with van der Waals surface area (Å²) in [6, 6.07) is 5.94. The molecule has 1 aliphatic carbocycles. The summed E-state index contributed by atoms with van der Waals surface area (Å²) in [5, 5.41) is 13.7. The molecule has 0 aromatic heterocycles. The number of aliphatic hydroxyl groups excluding tert-OH is 1. The summed E-state index contributed by atoms with van der Waals surface area (Å²) in [4.78, 5) is 0. The third-order valence-corrected chi connectivity index (χ3v) is 4.90. The van der Waals surface area contributed by atoms with Gasteiger partial charge in [-0.25, -0.2) is 0 Å². The second-order valence-electron chi connectivity index (χ2n) is 4.96. The fourth-order valence-corrected chi connectivity index (χ4v) is 3.15. The fourth-order valence-electron chi connectivity index (χ4n) is 2.65. The lowest BCUT2D eigenvalue weighted by Crippen LogP contribution is -2.33. The average Bonchev–Trinajstić information content (AvgIpc) is 2.41. The van der Waals surface area contributed by atoms with E-state index in [2.05, 4.69) is 21.2 Å². The summed E-state index contributed by atoms with van der Waals surface area (Å²) >= 11 is 9.40. The van der Waals surface area contributed by atoms with Crippen molar-refractivity contribution in [1.82, 2.24) is 0 Å². The Bertz CT molecular complexity index is 393. The van der Waals surface area contributed by atoms with E-state index in [-0.39, 0.29) is 12.6 Å². The van der Waals surface area contributed by atoms with Crippen LogP contribution in [0.5, 0.6) is 0 Å². The molecular formula is C14H19BrClNO. The average molecular weight is 333 g/mol. The van der Waals surface area contributed by atoms with Crippen molar-refractivity contribution in [2.45, 2.75) is 38.1 Å². The number of benzene rings is 1. The molecule has 1 aliphatic rings. The first-order valence-corrected chi connectivity index (χ1v) is 7.70. The zero-order chi connectivity index (χ0) is 13.0. The van der Waals surface area contributed by atoms with Crippen LogP contribution in [0.4, 0.5) is 5.69 Å². The largest absolute Gasteiger partial charge is 0.394 e. The Labute approximate surface area is 122 Å². The minimum absolute atomic E-state index is 0.151. The molecule has 0 spiro atoms. The van der Waals surface area contributed by atoms with E-state index in [1.54, 1.807) is 0 Å².